The summed E-state index contributed by atoms with van der Waals surface area (Å²) >= 11 is 2.81. The van der Waals surface area contributed by atoms with Crippen molar-refractivity contribution in [2.45, 2.75) is 49.1 Å². The van der Waals surface area contributed by atoms with Gasteiger partial charge >= 0.3 is 0 Å². The van der Waals surface area contributed by atoms with Gasteiger partial charge in [0.25, 0.3) is 10.0 Å². The zero-order valence-corrected chi connectivity index (χ0v) is 15.6. The molecular weight excluding hydrogens is 338 g/mol. The van der Waals surface area contributed by atoms with Crippen LogP contribution in [-0.4, -0.2) is 23.9 Å². The fourth-order valence-corrected chi connectivity index (χ4v) is 5.92. The zero-order chi connectivity index (χ0) is 16.5. The van der Waals surface area contributed by atoms with Gasteiger partial charge in [-0.15, -0.1) is 10.2 Å². The molecule has 0 saturated heterocycles. The van der Waals surface area contributed by atoms with Gasteiger partial charge in [0.2, 0.25) is 5.13 Å². The highest BCUT2D eigenvalue weighted by molar-refractivity contribution is 8.01. The monoisotopic (exact) mass is 357 g/mol. The van der Waals surface area contributed by atoms with Crippen LogP contribution in [-0.2, 0) is 10.0 Å². The van der Waals surface area contributed by atoms with Crippen LogP contribution in [0.25, 0.3) is 0 Å². The van der Waals surface area contributed by atoms with Crippen LogP contribution < -0.4 is 4.72 Å². The molecule has 0 spiro atoms. The second-order valence-electron chi connectivity index (χ2n) is 5.37. The molecular formula is C14H19N3O2S3. The van der Waals surface area contributed by atoms with Crippen molar-refractivity contribution in [1.82, 2.24) is 10.2 Å². The van der Waals surface area contributed by atoms with E-state index in [1.54, 1.807) is 25.6 Å². The first-order valence-electron chi connectivity index (χ1n) is 6.80. The van der Waals surface area contributed by atoms with Crippen LogP contribution in [0.5, 0.6) is 0 Å². The number of hydrogen-bond donors (Lipinski definition) is 1. The number of thioether (sulfide) groups is 1. The standard InChI is InChI=1S/C14H19N3O2S3/c1-8(2)20-14-16-15-13(21-14)17-22(18,19)12-10(4)6-9(3)7-11(12)5/h6-8H,1-5H3,(H,15,17). The predicted molar refractivity (Wildman–Crippen MR) is 92.4 cm³/mol. The van der Waals surface area contributed by atoms with E-state index in [1.165, 1.54) is 11.3 Å². The van der Waals surface area contributed by atoms with Crippen LogP contribution in [0.3, 0.4) is 0 Å². The number of rotatable bonds is 5. The Labute approximate surface area is 139 Å². The van der Waals surface area contributed by atoms with Crippen molar-refractivity contribution in [3.05, 3.63) is 28.8 Å². The minimum atomic E-state index is -3.66. The molecule has 1 aromatic carbocycles. The van der Waals surface area contributed by atoms with Crippen LogP contribution in [0, 0.1) is 20.8 Å². The Bertz CT molecular complexity index is 759. The molecule has 0 bridgehead atoms. The molecule has 8 heteroatoms. The van der Waals surface area contributed by atoms with Crippen LogP contribution >= 0.6 is 23.1 Å². The third kappa shape index (κ3) is 3.99. The van der Waals surface area contributed by atoms with Gasteiger partial charge < -0.3 is 0 Å². The average molecular weight is 358 g/mol. The zero-order valence-electron chi connectivity index (χ0n) is 13.2. The normalized spacial score (nSPS) is 11.9. The van der Waals surface area contributed by atoms with Gasteiger partial charge in [-0.05, 0) is 31.9 Å². The van der Waals surface area contributed by atoms with Gasteiger partial charge in [-0.25, -0.2) is 8.42 Å². The first-order valence-corrected chi connectivity index (χ1v) is 9.98. The van der Waals surface area contributed by atoms with E-state index in [0.717, 1.165) is 21.0 Å². The Kier molecular flexibility index (Phi) is 5.14. The van der Waals surface area contributed by atoms with E-state index in [9.17, 15) is 8.42 Å². The van der Waals surface area contributed by atoms with Crippen LogP contribution in [0.15, 0.2) is 21.4 Å². The maximum absolute atomic E-state index is 12.6. The molecule has 120 valence electrons. The minimum absolute atomic E-state index is 0.294. The van der Waals surface area contributed by atoms with Crippen molar-refractivity contribution in [1.29, 1.82) is 0 Å². The summed E-state index contributed by atoms with van der Waals surface area (Å²) in [6.07, 6.45) is 0. The summed E-state index contributed by atoms with van der Waals surface area (Å²) in [5, 5.41) is 8.58. The lowest BCUT2D eigenvalue weighted by atomic mass is 10.1. The molecule has 0 unspecified atom stereocenters. The summed E-state index contributed by atoms with van der Waals surface area (Å²) in [7, 11) is -3.66. The van der Waals surface area contributed by atoms with Crippen LogP contribution in [0.1, 0.15) is 30.5 Å². The molecule has 2 aromatic rings. The van der Waals surface area contributed by atoms with Crippen LogP contribution in [0.2, 0.25) is 0 Å². The Hall–Kier alpha value is -1.12. The first-order chi connectivity index (χ1) is 10.2. The highest BCUT2D eigenvalue weighted by Crippen LogP contribution is 2.30. The number of aryl methyl sites for hydroxylation is 3. The van der Waals surface area contributed by atoms with Crippen molar-refractivity contribution in [2.75, 3.05) is 4.72 Å². The van der Waals surface area contributed by atoms with Gasteiger partial charge in [0.1, 0.15) is 0 Å². The van der Waals surface area contributed by atoms with Crippen molar-refractivity contribution >= 4 is 38.3 Å². The molecule has 0 fully saturated rings. The van der Waals surface area contributed by atoms with E-state index < -0.39 is 10.0 Å². The molecule has 1 heterocycles. The molecule has 0 aliphatic carbocycles. The molecule has 0 amide bonds. The smallest absolute Gasteiger partial charge is 0.253 e. The molecule has 0 aliphatic rings. The topological polar surface area (TPSA) is 72.0 Å². The summed E-state index contributed by atoms with van der Waals surface area (Å²) in [6.45, 7) is 9.65. The molecule has 0 aliphatic heterocycles. The fourth-order valence-electron chi connectivity index (χ4n) is 2.26. The predicted octanol–water partition coefficient (Wildman–Crippen LogP) is 3.76. The number of hydrogen-bond acceptors (Lipinski definition) is 6. The largest absolute Gasteiger partial charge is 0.264 e. The van der Waals surface area contributed by atoms with Gasteiger partial charge in [-0.2, -0.15) is 0 Å². The van der Waals surface area contributed by atoms with E-state index in [1.807, 2.05) is 19.1 Å². The lowest BCUT2D eigenvalue weighted by Gasteiger charge is -2.12. The lowest BCUT2D eigenvalue weighted by molar-refractivity contribution is 0.600. The van der Waals surface area contributed by atoms with Gasteiger partial charge in [-0.1, -0.05) is 54.6 Å². The Morgan fingerprint density at radius 1 is 1.14 bits per heavy atom. The molecule has 1 N–H and O–H groups in total. The van der Waals surface area contributed by atoms with E-state index in [4.69, 9.17) is 0 Å². The van der Waals surface area contributed by atoms with E-state index in [2.05, 4.69) is 28.8 Å². The number of benzene rings is 1. The second-order valence-corrected chi connectivity index (χ2v) is 9.79. The fraction of sp³-hybridized carbons (Fsp3) is 0.429. The average Bonchev–Trinajstić information content (AvgIpc) is 2.72. The molecule has 0 radical (unpaired) electrons. The number of sulfonamides is 1. The molecule has 22 heavy (non-hydrogen) atoms. The van der Waals surface area contributed by atoms with Gasteiger partial charge in [0, 0.05) is 5.25 Å². The second kappa shape index (κ2) is 6.55. The van der Waals surface area contributed by atoms with Crippen LogP contribution in [0.4, 0.5) is 5.13 Å². The number of nitrogens with one attached hydrogen (secondary N) is 1. The third-order valence-electron chi connectivity index (χ3n) is 2.84. The first kappa shape index (κ1) is 17.2. The number of nitrogens with zero attached hydrogens (tertiary/aromatic N) is 2. The Balaban J connectivity index is 2.30. The van der Waals surface area contributed by atoms with Gasteiger partial charge in [0.05, 0.1) is 4.90 Å². The molecule has 1 aromatic heterocycles. The van der Waals surface area contributed by atoms with E-state index in [-0.39, 0.29) is 0 Å². The highest BCUT2D eigenvalue weighted by Gasteiger charge is 2.22. The van der Waals surface area contributed by atoms with Crippen molar-refractivity contribution in [3.8, 4) is 0 Å². The molecule has 2 rings (SSSR count). The Morgan fingerprint density at radius 2 is 1.73 bits per heavy atom. The SMILES string of the molecule is Cc1cc(C)c(S(=O)(=O)Nc2nnc(SC(C)C)s2)c(C)c1. The van der Waals surface area contributed by atoms with Crippen molar-refractivity contribution in [3.63, 3.8) is 0 Å². The van der Waals surface area contributed by atoms with Crippen molar-refractivity contribution in [2.24, 2.45) is 0 Å². The lowest BCUT2D eigenvalue weighted by Crippen LogP contribution is -2.15. The number of anilines is 1. The summed E-state index contributed by atoms with van der Waals surface area (Å²) in [5.41, 5.74) is 2.50. The Morgan fingerprint density at radius 3 is 2.27 bits per heavy atom. The maximum atomic E-state index is 12.6. The minimum Gasteiger partial charge on any atom is -0.253 e. The quantitative estimate of drug-likeness (QED) is 0.825. The summed E-state index contributed by atoms with van der Waals surface area (Å²) in [4.78, 5) is 0.311. The molecule has 0 saturated carbocycles. The summed E-state index contributed by atoms with van der Waals surface area (Å²) in [5.74, 6) is 0. The third-order valence-corrected chi connectivity index (χ3v) is 6.54. The number of aromatic nitrogens is 2. The maximum Gasteiger partial charge on any atom is 0.264 e. The molecule has 0 atom stereocenters. The van der Waals surface area contributed by atoms with E-state index in [0.29, 0.717) is 15.3 Å². The van der Waals surface area contributed by atoms with Gasteiger partial charge in [-0.3, -0.25) is 4.72 Å². The van der Waals surface area contributed by atoms with Gasteiger partial charge in [0.15, 0.2) is 4.34 Å². The van der Waals surface area contributed by atoms with E-state index >= 15 is 0 Å². The summed E-state index contributed by atoms with van der Waals surface area (Å²) < 4.78 is 28.5. The summed E-state index contributed by atoms with van der Waals surface area (Å²) in [6, 6.07) is 3.73. The van der Waals surface area contributed by atoms with Crippen molar-refractivity contribution < 1.29 is 8.42 Å². The molecule has 5 nitrogen and oxygen atoms in total. The highest BCUT2D eigenvalue weighted by atomic mass is 32.2.